The molecule has 0 radical (unpaired) electrons. The summed E-state index contributed by atoms with van der Waals surface area (Å²) in [6.45, 7) is 8.73. The number of nitrogens with zero attached hydrogens (tertiary/aromatic N) is 1. The number of rotatable bonds is 6. The predicted molar refractivity (Wildman–Crippen MR) is 53.8 cm³/mol. The molecule has 4 nitrogen and oxygen atoms in total. The second-order valence-corrected chi connectivity index (χ2v) is 4.99. The van der Waals surface area contributed by atoms with E-state index in [1.165, 1.54) is 7.11 Å². The van der Waals surface area contributed by atoms with Gasteiger partial charge in [-0.3, -0.25) is 9.05 Å². The molecule has 0 fully saturated rings. The summed E-state index contributed by atoms with van der Waals surface area (Å²) in [4.78, 5) is 0. The Hall–Kier alpha value is 0.110. The third-order valence-corrected chi connectivity index (χ3v) is 4.18. The molecular weight excluding hydrogens is 189 g/mol. The van der Waals surface area contributed by atoms with Crippen molar-refractivity contribution in [3.05, 3.63) is 0 Å². The van der Waals surface area contributed by atoms with Gasteiger partial charge < -0.3 is 0 Å². The van der Waals surface area contributed by atoms with E-state index in [2.05, 4.69) is 0 Å². The molecule has 0 aliphatic rings. The van der Waals surface area contributed by atoms with Crippen LogP contribution in [-0.4, -0.2) is 31.0 Å². The highest BCUT2D eigenvalue weighted by Crippen LogP contribution is 2.51. The Kier molecular flexibility index (Phi) is 5.81. The first kappa shape index (κ1) is 13.1. The molecule has 0 aromatic heterocycles. The highest BCUT2D eigenvalue weighted by Gasteiger charge is 2.32. The zero-order chi connectivity index (χ0) is 10.5. The number of hydrogen-bond acceptors (Lipinski definition) is 3. The third kappa shape index (κ3) is 3.39. The molecule has 0 aliphatic carbocycles. The second-order valence-electron chi connectivity index (χ2n) is 2.92. The van der Waals surface area contributed by atoms with Gasteiger partial charge >= 0.3 is 7.75 Å². The summed E-state index contributed by atoms with van der Waals surface area (Å²) >= 11 is 0. The summed E-state index contributed by atoms with van der Waals surface area (Å²) in [5.74, 6) is 0. The summed E-state index contributed by atoms with van der Waals surface area (Å²) < 4.78 is 23.9. The standard InChI is InChI=1S/C8H20NO3P/c1-6-9(8(3)4)13(10,11-5)12-7-2/h8H,6-7H2,1-5H3. The fourth-order valence-electron chi connectivity index (χ4n) is 1.22. The van der Waals surface area contributed by atoms with Crippen LogP contribution in [0.1, 0.15) is 27.7 Å². The molecule has 0 saturated carbocycles. The van der Waals surface area contributed by atoms with E-state index in [0.29, 0.717) is 13.2 Å². The molecule has 0 heterocycles. The van der Waals surface area contributed by atoms with Gasteiger partial charge in [0.1, 0.15) is 0 Å². The average molecular weight is 209 g/mol. The first-order chi connectivity index (χ1) is 6.01. The van der Waals surface area contributed by atoms with E-state index in [-0.39, 0.29) is 6.04 Å². The van der Waals surface area contributed by atoms with E-state index >= 15 is 0 Å². The minimum absolute atomic E-state index is 0.155. The summed E-state index contributed by atoms with van der Waals surface area (Å²) in [6.07, 6.45) is 0. The van der Waals surface area contributed by atoms with E-state index in [4.69, 9.17) is 9.05 Å². The first-order valence-corrected chi connectivity index (χ1v) is 6.08. The van der Waals surface area contributed by atoms with Gasteiger partial charge in [-0.25, -0.2) is 9.24 Å². The summed E-state index contributed by atoms with van der Waals surface area (Å²) in [6, 6.07) is 0.155. The van der Waals surface area contributed by atoms with Gasteiger partial charge in [0, 0.05) is 19.7 Å². The molecule has 13 heavy (non-hydrogen) atoms. The minimum Gasteiger partial charge on any atom is -0.300 e. The fraction of sp³-hybridized carbons (Fsp3) is 1.00. The Bertz CT molecular complexity index is 184. The van der Waals surface area contributed by atoms with Gasteiger partial charge in [0.2, 0.25) is 0 Å². The van der Waals surface area contributed by atoms with Crippen LogP contribution in [-0.2, 0) is 13.6 Å². The van der Waals surface area contributed by atoms with Crippen LogP contribution < -0.4 is 0 Å². The van der Waals surface area contributed by atoms with Crippen molar-refractivity contribution in [2.75, 3.05) is 20.3 Å². The first-order valence-electron chi connectivity index (χ1n) is 4.59. The van der Waals surface area contributed by atoms with E-state index < -0.39 is 7.75 Å². The van der Waals surface area contributed by atoms with E-state index in [1.807, 2.05) is 20.8 Å². The Morgan fingerprint density at radius 3 is 2.15 bits per heavy atom. The van der Waals surface area contributed by atoms with Gasteiger partial charge in [0.15, 0.2) is 0 Å². The highest BCUT2D eigenvalue weighted by atomic mass is 31.2. The SMILES string of the molecule is CCOP(=O)(OC)N(CC)C(C)C. The van der Waals surface area contributed by atoms with Crippen LogP contribution >= 0.6 is 7.75 Å². The molecular formula is C8H20NO3P. The van der Waals surface area contributed by atoms with Gasteiger partial charge in [-0.05, 0) is 20.8 Å². The van der Waals surface area contributed by atoms with Crippen LogP contribution in [0.2, 0.25) is 0 Å². The predicted octanol–water partition coefficient (Wildman–Crippen LogP) is 2.51. The van der Waals surface area contributed by atoms with Crippen molar-refractivity contribution in [3.63, 3.8) is 0 Å². The topological polar surface area (TPSA) is 38.8 Å². The van der Waals surface area contributed by atoms with Crippen LogP contribution in [0.15, 0.2) is 0 Å². The van der Waals surface area contributed by atoms with Gasteiger partial charge in [-0.15, -0.1) is 0 Å². The lowest BCUT2D eigenvalue weighted by Gasteiger charge is -2.30. The molecule has 0 saturated heterocycles. The monoisotopic (exact) mass is 209 g/mol. The van der Waals surface area contributed by atoms with Gasteiger partial charge in [0.25, 0.3) is 0 Å². The molecule has 0 bridgehead atoms. The van der Waals surface area contributed by atoms with Crippen LogP contribution in [0.5, 0.6) is 0 Å². The third-order valence-electron chi connectivity index (χ3n) is 1.76. The molecule has 0 spiro atoms. The molecule has 5 heteroatoms. The Balaban J connectivity index is 4.59. The van der Waals surface area contributed by atoms with E-state index in [1.54, 1.807) is 11.6 Å². The zero-order valence-corrected chi connectivity index (χ0v) is 10.0. The summed E-state index contributed by atoms with van der Waals surface area (Å²) in [7, 11) is -1.62. The fourth-order valence-corrected chi connectivity index (χ4v) is 2.92. The molecule has 0 aromatic rings. The molecule has 0 amide bonds. The average Bonchev–Trinajstić information content (AvgIpc) is 2.05. The lowest BCUT2D eigenvalue weighted by atomic mass is 10.4. The van der Waals surface area contributed by atoms with Crippen molar-refractivity contribution in [2.45, 2.75) is 33.7 Å². The number of hydrogen-bond donors (Lipinski definition) is 0. The van der Waals surface area contributed by atoms with Crippen molar-refractivity contribution in [1.82, 2.24) is 4.67 Å². The van der Waals surface area contributed by atoms with Gasteiger partial charge in [-0.2, -0.15) is 0 Å². The molecule has 1 atom stereocenters. The largest absolute Gasteiger partial charge is 0.408 e. The lowest BCUT2D eigenvalue weighted by molar-refractivity contribution is 0.175. The lowest BCUT2D eigenvalue weighted by Crippen LogP contribution is -2.29. The zero-order valence-electron chi connectivity index (χ0n) is 9.11. The Morgan fingerprint density at radius 2 is 1.92 bits per heavy atom. The Morgan fingerprint density at radius 1 is 1.38 bits per heavy atom. The van der Waals surface area contributed by atoms with Crippen molar-refractivity contribution in [2.24, 2.45) is 0 Å². The van der Waals surface area contributed by atoms with Crippen LogP contribution in [0.25, 0.3) is 0 Å². The van der Waals surface area contributed by atoms with Crippen molar-refractivity contribution < 1.29 is 13.6 Å². The van der Waals surface area contributed by atoms with Gasteiger partial charge in [-0.1, -0.05) is 6.92 Å². The maximum Gasteiger partial charge on any atom is 0.408 e. The molecule has 0 rings (SSSR count). The minimum atomic E-state index is -3.03. The maximum absolute atomic E-state index is 12.0. The van der Waals surface area contributed by atoms with E-state index in [9.17, 15) is 4.57 Å². The van der Waals surface area contributed by atoms with Crippen molar-refractivity contribution in [3.8, 4) is 0 Å². The molecule has 0 aromatic carbocycles. The maximum atomic E-state index is 12.0. The normalized spacial score (nSPS) is 16.5. The highest BCUT2D eigenvalue weighted by molar-refractivity contribution is 7.51. The van der Waals surface area contributed by atoms with Crippen molar-refractivity contribution >= 4 is 7.75 Å². The quantitative estimate of drug-likeness (QED) is 0.630. The smallest absolute Gasteiger partial charge is 0.300 e. The van der Waals surface area contributed by atoms with Crippen LogP contribution in [0.3, 0.4) is 0 Å². The van der Waals surface area contributed by atoms with E-state index in [0.717, 1.165) is 0 Å². The summed E-state index contributed by atoms with van der Waals surface area (Å²) in [5.41, 5.74) is 0. The van der Waals surface area contributed by atoms with Crippen LogP contribution in [0.4, 0.5) is 0 Å². The summed E-state index contributed by atoms with van der Waals surface area (Å²) in [5, 5.41) is 0. The Labute approximate surface area is 80.8 Å². The molecule has 0 N–H and O–H groups in total. The van der Waals surface area contributed by atoms with Gasteiger partial charge in [0.05, 0.1) is 6.61 Å². The van der Waals surface area contributed by atoms with Crippen molar-refractivity contribution in [1.29, 1.82) is 0 Å². The molecule has 1 unspecified atom stereocenters. The molecule has 0 aliphatic heterocycles. The molecule has 80 valence electrons. The second kappa shape index (κ2) is 5.76. The van der Waals surface area contributed by atoms with Crippen LogP contribution in [0, 0.1) is 0 Å².